The molecular weight excluding hydrogens is 244 g/mol. The molecule has 0 aromatic rings. The summed E-state index contributed by atoms with van der Waals surface area (Å²) in [7, 11) is 0. The predicted octanol–water partition coefficient (Wildman–Crippen LogP) is 3.68. The van der Waals surface area contributed by atoms with E-state index in [0.29, 0.717) is 13.2 Å². The Labute approximate surface area is 117 Å². The van der Waals surface area contributed by atoms with E-state index in [1.54, 1.807) is 0 Å². The summed E-state index contributed by atoms with van der Waals surface area (Å²) in [6.07, 6.45) is 4.59. The Hall–Kier alpha value is -0.610. The van der Waals surface area contributed by atoms with Crippen molar-refractivity contribution in [3.05, 3.63) is 0 Å². The number of rotatable bonds is 12. The Bertz CT molecular complexity index is 208. The zero-order chi connectivity index (χ0) is 14.5. The first kappa shape index (κ1) is 18.4. The van der Waals surface area contributed by atoms with Gasteiger partial charge in [0.1, 0.15) is 0 Å². The van der Waals surface area contributed by atoms with Gasteiger partial charge in [-0.15, -0.1) is 0 Å². The van der Waals surface area contributed by atoms with Crippen molar-refractivity contribution in [1.29, 1.82) is 0 Å². The Morgan fingerprint density at radius 2 is 1.53 bits per heavy atom. The first-order chi connectivity index (χ1) is 9.13. The lowest BCUT2D eigenvalue weighted by Crippen LogP contribution is -2.25. The van der Waals surface area contributed by atoms with Gasteiger partial charge in [-0.25, -0.2) is 0 Å². The van der Waals surface area contributed by atoms with Gasteiger partial charge in [-0.05, 0) is 26.2 Å². The number of carbonyl (C=O) groups is 1. The van der Waals surface area contributed by atoms with E-state index in [0.717, 1.165) is 32.1 Å². The third-order valence-corrected chi connectivity index (χ3v) is 2.84. The number of hydrogen-bond donors (Lipinski definition) is 0. The Morgan fingerprint density at radius 3 is 1.95 bits per heavy atom. The molecule has 0 aliphatic carbocycles. The minimum atomic E-state index is -0.463. The lowest BCUT2D eigenvalue weighted by molar-refractivity contribution is -0.174. The second-order valence-electron chi connectivity index (χ2n) is 4.79. The van der Waals surface area contributed by atoms with E-state index in [1.807, 2.05) is 13.8 Å². The van der Waals surface area contributed by atoms with E-state index in [1.165, 1.54) is 0 Å². The molecule has 0 bridgehead atoms. The molecule has 1 unspecified atom stereocenters. The molecule has 0 amide bonds. The van der Waals surface area contributed by atoms with Gasteiger partial charge in [0.05, 0.1) is 12.5 Å². The molecule has 0 aliphatic rings. The summed E-state index contributed by atoms with van der Waals surface area (Å²) >= 11 is 0. The average molecular weight is 274 g/mol. The van der Waals surface area contributed by atoms with E-state index in [-0.39, 0.29) is 18.5 Å². The summed E-state index contributed by atoms with van der Waals surface area (Å²) in [5.74, 6) is -0.243. The van der Waals surface area contributed by atoms with Gasteiger partial charge in [-0.2, -0.15) is 0 Å². The maximum atomic E-state index is 11.7. The van der Waals surface area contributed by atoms with Crippen LogP contribution in [0.5, 0.6) is 0 Å². The molecule has 1 atom stereocenters. The SMILES string of the molecule is CCCCOC(CC(=O)OC(C)CC)OCCCC. The van der Waals surface area contributed by atoms with Crippen LogP contribution in [0.4, 0.5) is 0 Å². The lowest BCUT2D eigenvalue weighted by atomic mass is 10.3. The van der Waals surface area contributed by atoms with E-state index >= 15 is 0 Å². The molecule has 0 fully saturated rings. The van der Waals surface area contributed by atoms with Crippen LogP contribution in [0.1, 0.15) is 66.2 Å². The van der Waals surface area contributed by atoms with E-state index in [9.17, 15) is 4.79 Å². The Balaban J connectivity index is 4.03. The van der Waals surface area contributed by atoms with Crippen molar-refractivity contribution in [1.82, 2.24) is 0 Å². The fourth-order valence-electron chi connectivity index (χ4n) is 1.38. The second kappa shape index (κ2) is 12.4. The topological polar surface area (TPSA) is 44.8 Å². The molecule has 0 spiro atoms. The number of unbranched alkanes of at least 4 members (excludes halogenated alkanes) is 2. The van der Waals surface area contributed by atoms with Crippen molar-refractivity contribution in [2.24, 2.45) is 0 Å². The largest absolute Gasteiger partial charge is 0.463 e. The predicted molar refractivity (Wildman–Crippen MR) is 76.0 cm³/mol. The van der Waals surface area contributed by atoms with Gasteiger partial charge in [0.25, 0.3) is 0 Å². The molecule has 0 aromatic carbocycles. The molecule has 0 aromatic heterocycles. The molecule has 0 saturated heterocycles. The molecule has 0 saturated carbocycles. The maximum absolute atomic E-state index is 11.7. The summed E-state index contributed by atoms with van der Waals surface area (Å²) in [5.41, 5.74) is 0. The molecule has 114 valence electrons. The van der Waals surface area contributed by atoms with Crippen LogP contribution in [0.15, 0.2) is 0 Å². The first-order valence-electron chi connectivity index (χ1n) is 7.56. The van der Waals surface area contributed by atoms with Crippen molar-refractivity contribution in [2.45, 2.75) is 78.6 Å². The van der Waals surface area contributed by atoms with E-state index in [2.05, 4.69) is 13.8 Å². The quantitative estimate of drug-likeness (QED) is 0.309. The number of esters is 1. The van der Waals surface area contributed by atoms with Crippen LogP contribution in [0.25, 0.3) is 0 Å². The number of ether oxygens (including phenoxy) is 3. The average Bonchev–Trinajstić information content (AvgIpc) is 2.38. The zero-order valence-corrected chi connectivity index (χ0v) is 12.9. The monoisotopic (exact) mass is 274 g/mol. The minimum absolute atomic E-state index is 0.0422. The van der Waals surface area contributed by atoms with Crippen LogP contribution in [0.3, 0.4) is 0 Å². The van der Waals surface area contributed by atoms with Gasteiger partial charge in [-0.1, -0.05) is 33.6 Å². The molecule has 0 aliphatic heterocycles. The Morgan fingerprint density at radius 1 is 1.00 bits per heavy atom. The molecular formula is C15H30O4. The van der Waals surface area contributed by atoms with Crippen molar-refractivity contribution in [2.75, 3.05) is 13.2 Å². The highest BCUT2D eigenvalue weighted by Crippen LogP contribution is 2.08. The molecule has 0 N–H and O–H groups in total. The highest BCUT2D eigenvalue weighted by atomic mass is 16.7. The summed E-state index contributed by atoms with van der Waals surface area (Å²) in [4.78, 5) is 11.7. The van der Waals surface area contributed by atoms with Gasteiger partial charge in [-0.3, -0.25) is 4.79 Å². The van der Waals surface area contributed by atoms with Gasteiger partial charge in [0, 0.05) is 13.2 Å². The molecule has 4 heteroatoms. The standard InChI is InChI=1S/C15H30O4/c1-5-8-10-17-15(18-11-9-6-2)12-14(16)19-13(4)7-3/h13,15H,5-12H2,1-4H3. The Kier molecular flexibility index (Phi) is 12.0. The second-order valence-corrected chi connectivity index (χ2v) is 4.79. The van der Waals surface area contributed by atoms with E-state index < -0.39 is 6.29 Å². The highest BCUT2D eigenvalue weighted by Gasteiger charge is 2.17. The van der Waals surface area contributed by atoms with Gasteiger partial charge in [0.15, 0.2) is 6.29 Å². The van der Waals surface area contributed by atoms with Crippen LogP contribution in [-0.4, -0.2) is 31.6 Å². The first-order valence-corrected chi connectivity index (χ1v) is 7.56. The van der Waals surface area contributed by atoms with Crippen molar-refractivity contribution < 1.29 is 19.0 Å². The summed E-state index contributed by atoms with van der Waals surface area (Å²) in [6, 6.07) is 0. The minimum Gasteiger partial charge on any atom is -0.463 e. The van der Waals surface area contributed by atoms with Crippen LogP contribution in [-0.2, 0) is 19.0 Å². The number of hydrogen-bond acceptors (Lipinski definition) is 4. The zero-order valence-electron chi connectivity index (χ0n) is 12.9. The smallest absolute Gasteiger partial charge is 0.311 e. The van der Waals surface area contributed by atoms with Gasteiger partial charge < -0.3 is 14.2 Å². The molecule has 19 heavy (non-hydrogen) atoms. The van der Waals surface area contributed by atoms with E-state index in [4.69, 9.17) is 14.2 Å². The lowest BCUT2D eigenvalue weighted by Gasteiger charge is -2.19. The fourth-order valence-corrected chi connectivity index (χ4v) is 1.38. The molecule has 0 heterocycles. The summed E-state index contributed by atoms with van der Waals surface area (Å²) in [5, 5.41) is 0. The molecule has 0 radical (unpaired) electrons. The molecule has 0 rings (SSSR count). The normalized spacial score (nSPS) is 12.7. The summed E-state index contributed by atoms with van der Waals surface area (Å²) in [6.45, 7) is 9.35. The van der Waals surface area contributed by atoms with Crippen LogP contribution in [0, 0.1) is 0 Å². The van der Waals surface area contributed by atoms with Crippen LogP contribution < -0.4 is 0 Å². The van der Waals surface area contributed by atoms with Gasteiger partial charge in [0.2, 0.25) is 0 Å². The van der Waals surface area contributed by atoms with Crippen LogP contribution >= 0.6 is 0 Å². The third kappa shape index (κ3) is 11.0. The maximum Gasteiger partial charge on any atom is 0.311 e. The van der Waals surface area contributed by atoms with Gasteiger partial charge >= 0.3 is 5.97 Å². The summed E-state index contributed by atoms with van der Waals surface area (Å²) < 4.78 is 16.4. The highest BCUT2D eigenvalue weighted by molar-refractivity contribution is 5.69. The third-order valence-electron chi connectivity index (χ3n) is 2.84. The van der Waals surface area contributed by atoms with Crippen LogP contribution in [0.2, 0.25) is 0 Å². The van der Waals surface area contributed by atoms with Crippen molar-refractivity contribution >= 4 is 5.97 Å². The van der Waals surface area contributed by atoms with Crippen molar-refractivity contribution in [3.63, 3.8) is 0 Å². The van der Waals surface area contributed by atoms with Crippen molar-refractivity contribution in [3.8, 4) is 0 Å². The molecule has 4 nitrogen and oxygen atoms in total. The fraction of sp³-hybridized carbons (Fsp3) is 0.933. The number of carbonyl (C=O) groups excluding carboxylic acids is 1.